The molecule has 1 aliphatic rings. The highest BCUT2D eigenvalue weighted by atomic mass is 79.9. The quantitative estimate of drug-likeness (QED) is 0.196. The van der Waals surface area contributed by atoms with Crippen molar-refractivity contribution in [2.24, 2.45) is 4.99 Å². The van der Waals surface area contributed by atoms with Crippen molar-refractivity contribution in [2.75, 3.05) is 20.3 Å². The minimum absolute atomic E-state index is 0.225. The lowest BCUT2D eigenvalue weighted by atomic mass is 9.97. The number of methoxy groups -OCH3 is 1. The average molecular weight is 684 g/mol. The van der Waals surface area contributed by atoms with Gasteiger partial charge in [-0.2, -0.15) is 0 Å². The number of thiazole rings is 1. The summed E-state index contributed by atoms with van der Waals surface area (Å²) in [6, 6.07) is 17.6. The van der Waals surface area contributed by atoms with Crippen LogP contribution < -0.4 is 29.1 Å². The summed E-state index contributed by atoms with van der Waals surface area (Å²) in [5.74, 6) is 1.11. The lowest BCUT2D eigenvalue weighted by molar-refractivity contribution is -0.136. The summed E-state index contributed by atoms with van der Waals surface area (Å²) in [5.41, 5.74) is 2.23. The van der Waals surface area contributed by atoms with Gasteiger partial charge in [0.05, 0.1) is 36.5 Å². The van der Waals surface area contributed by atoms with Gasteiger partial charge in [0.15, 0.2) is 16.3 Å². The molecule has 1 aromatic heterocycles. The number of benzene rings is 3. The van der Waals surface area contributed by atoms with E-state index in [2.05, 4.69) is 20.9 Å². The number of nitrogens with zero attached hydrogens (tertiary/aromatic N) is 2. The number of hydrogen-bond acceptors (Lipinski definition) is 8. The van der Waals surface area contributed by atoms with Gasteiger partial charge in [-0.1, -0.05) is 57.1 Å². The Morgan fingerprint density at radius 2 is 1.72 bits per heavy atom. The highest BCUT2D eigenvalue weighted by molar-refractivity contribution is 9.10. The Morgan fingerprint density at radius 3 is 2.44 bits per heavy atom. The predicted octanol–water partition coefficient (Wildman–Crippen LogP) is 5.81. The van der Waals surface area contributed by atoms with Gasteiger partial charge < -0.3 is 18.9 Å². The zero-order valence-electron chi connectivity index (χ0n) is 23.6. The molecule has 43 heavy (non-hydrogen) atoms. The molecule has 0 saturated heterocycles. The molecule has 5 rings (SSSR count). The molecule has 0 radical (unpaired) electrons. The van der Waals surface area contributed by atoms with Gasteiger partial charge in [-0.3, -0.25) is 9.36 Å². The van der Waals surface area contributed by atoms with Crippen molar-refractivity contribution >= 4 is 50.9 Å². The van der Waals surface area contributed by atoms with E-state index in [1.54, 1.807) is 18.2 Å². The molecule has 3 aromatic carbocycles. The Kier molecular flexibility index (Phi) is 9.69. The smallest absolute Gasteiger partial charge is 0.337 e. The van der Waals surface area contributed by atoms with Crippen LogP contribution in [0.4, 0.5) is 0 Å². The second kappa shape index (κ2) is 13.6. The Bertz CT molecular complexity index is 1870. The van der Waals surface area contributed by atoms with Crippen LogP contribution in [-0.4, -0.2) is 30.9 Å². The molecule has 1 aliphatic heterocycles. The maximum absolute atomic E-state index is 14.0. The van der Waals surface area contributed by atoms with Gasteiger partial charge in [-0.15, -0.1) is 0 Å². The summed E-state index contributed by atoms with van der Waals surface area (Å²) < 4.78 is 25.5. The molecule has 0 unspecified atom stereocenters. The number of esters is 1. The summed E-state index contributed by atoms with van der Waals surface area (Å²) in [6.07, 6.45) is 3.23. The molecule has 8 nitrogen and oxygen atoms in total. The lowest BCUT2D eigenvalue weighted by Crippen LogP contribution is -2.39. The van der Waals surface area contributed by atoms with Crippen LogP contribution in [0.2, 0.25) is 5.02 Å². The molecule has 1 atom stereocenters. The number of carbonyl (C=O) groups excluding carboxylic acids is 1. The fourth-order valence-corrected chi connectivity index (χ4v) is 6.10. The van der Waals surface area contributed by atoms with E-state index in [4.69, 9.17) is 30.5 Å². The fraction of sp³-hybridized carbons (Fsp3) is 0.219. The van der Waals surface area contributed by atoms with E-state index in [0.29, 0.717) is 62.6 Å². The third-order valence-electron chi connectivity index (χ3n) is 6.57. The van der Waals surface area contributed by atoms with E-state index in [1.165, 1.54) is 29.2 Å². The summed E-state index contributed by atoms with van der Waals surface area (Å²) in [6.45, 7) is 4.97. The number of fused-ring (bicyclic) bond motifs is 1. The van der Waals surface area contributed by atoms with Crippen LogP contribution in [-0.2, 0) is 16.1 Å². The van der Waals surface area contributed by atoms with E-state index in [-0.39, 0.29) is 11.1 Å². The first-order valence-corrected chi connectivity index (χ1v) is 15.5. The van der Waals surface area contributed by atoms with Gasteiger partial charge in [0, 0.05) is 21.3 Å². The largest absolute Gasteiger partial charge is 0.490 e. The van der Waals surface area contributed by atoms with Crippen molar-refractivity contribution in [3.05, 3.63) is 118 Å². The zero-order chi connectivity index (χ0) is 30.5. The van der Waals surface area contributed by atoms with Crippen LogP contribution in [0.5, 0.6) is 17.2 Å². The lowest BCUT2D eigenvalue weighted by Gasteiger charge is -2.23. The highest BCUT2D eigenvalue weighted by Gasteiger charge is 2.31. The third kappa shape index (κ3) is 6.71. The minimum atomic E-state index is -0.788. The number of halogens is 2. The topological polar surface area (TPSA) is 88.4 Å². The number of aromatic nitrogens is 1. The van der Waals surface area contributed by atoms with Crippen LogP contribution in [0.15, 0.2) is 86.7 Å². The van der Waals surface area contributed by atoms with Crippen LogP contribution in [0.1, 0.15) is 36.6 Å². The molecule has 0 aliphatic carbocycles. The van der Waals surface area contributed by atoms with Gasteiger partial charge in [0.25, 0.3) is 5.56 Å². The van der Waals surface area contributed by atoms with Crippen LogP contribution in [0.3, 0.4) is 0 Å². The summed E-state index contributed by atoms with van der Waals surface area (Å²) in [5, 5.41) is 0.650. The normalized spacial score (nSPS) is 14.4. The van der Waals surface area contributed by atoms with Crippen molar-refractivity contribution in [2.45, 2.75) is 26.5 Å². The summed E-state index contributed by atoms with van der Waals surface area (Å²) >= 11 is 10.8. The molecule has 0 amide bonds. The predicted molar refractivity (Wildman–Crippen MR) is 170 cm³/mol. The zero-order valence-corrected chi connectivity index (χ0v) is 26.8. The Balaban J connectivity index is 1.60. The van der Waals surface area contributed by atoms with Gasteiger partial charge >= 0.3 is 5.97 Å². The van der Waals surface area contributed by atoms with E-state index in [0.717, 1.165) is 10.0 Å². The van der Waals surface area contributed by atoms with Crippen LogP contribution in [0, 0.1) is 0 Å². The molecule has 0 saturated carbocycles. The molecular formula is C32H28BrClN2O6S. The van der Waals surface area contributed by atoms with E-state index >= 15 is 0 Å². The van der Waals surface area contributed by atoms with Crippen molar-refractivity contribution in [1.82, 2.24) is 4.57 Å². The molecule has 0 spiro atoms. The van der Waals surface area contributed by atoms with Crippen LogP contribution >= 0.6 is 38.9 Å². The van der Waals surface area contributed by atoms with Gasteiger partial charge in [0.2, 0.25) is 0 Å². The van der Waals surface area contributed by atoms with Gasteiger partial charge in [0.1, 0.15) is 12.4 Å². The molecule has 2 heterocycles. The molecule has 222 valence electrons. The first-order chi connectivity index (χ1) is 20.8. The molecular weight excluding hydrogens is 656 g/mol. The average Bonchev–Trinajstić information content (AvgIpc) is 3.32. The first kappa shape index (κ1) is 30.6. The Labute approximate surface area is 265 Å². The number of hydrogen-bond donors (Lipinski definition) is 0. The highest BCUT2D eigenvalue weighted by Crippen LogP contribution is 2.35. The van der Waals surface area contributed by atoms with Crippen molar-refractivity contribution < 1.29 is 23.7 Å². The summed E-state index contributed by atoms with van der Waals surface area (Å²) in [7, 11) is 1.30. The molecule has 11 heteroatoms. The third-order valence-corrected chi connectivity index (χ3v) is 8.32. The van der Waals surface area contributed by atoms with Crippen molar-refractivity contribution in [1.29, 1.82) is 0 Å². The maximum atomic E-state index is 14.0. The van der Waals surface area contributed by atoms with Crippen molar-refractivity contribution in [3.63, 3.8) is 0 Å². The second-order valence-electron chi connectivity index (χ2n) is 9.35. The minimum Gasteiger partial charge on any atom is -0.490 e. The second-order valence-corrected chi connectivity index (χ2v) is 11.7. The van der Waals surface area contributed by atoms with Crippen LogP contribution in [0.25, 0.3) is 6.08 Å². The van der Waals surface area contributed by atoms with E-state index in [1.807, 2.05) is 62.4 Å². The van der Waals surface area contributed by atoms with Crippen molar-refractivity contribution in [3.8, 4) is 17.2 Å². The fourth-order valence-electron chi connectivity index (χ4n) is 4.63. The summed E-state index contributed by atoms with van der Waals surface area (Å²) in [4.78, 5) is 31.8. The molecule has 0 fully saturated rings. The standard InChI is InChI=1S/C32H28BrClN2O6S/c1-4-40-26-12-8-20(15-27(26)41-5-2)29-24(31(38)39-3)17-35-32-36(29)30(37)28(43-32)16-21-14-22(33)9-13-25(21)42-18-19-6-10-23(34)11-7-19/h6-17,29H,4-5,18H2,1-3H3/b28-16-/t29-/m0/s1. The molecule has 0 N–H and O–H groups in total. The number of rotatable bonds is 10. The first-order valence-electron chi connectivity index (χ1n) is 13.5. The Morgan fingerprint density at radius 1 is 1.00 bits per heavy atom. The van der Waals surface area contributed by atoms with E-state index < -0.39 is 12.0 Å². The SMILES string of the molecule is CCOc1ccc([C@H]2C(C(=O)OC)=CN=c3s/c(=C\c4cc(Br)ccc4OCc4ccc(Cl)cc4)c(=O)n32)cc1OCC. The molecule has 0 bridgehead atoms. The number of carbonyl (C=O) groups is 1. The van der Waals surface area contributed by atoms with E-state index in [9.17, 15) is 9.59 Å². The number of ether oxygens (including phenoxy) is 4. The van der Waals surface area contributed by atoms with Gasteiger partial charge in [-0.25, -0.2) is 9.79 Å². The monoisotopic (exact) mass is 682 g/mol. The maximum Gasteiger partial charge on any atom is 0.337 e. The van der Waals surface area contributed by atoms with Gasteiger partial charge in [-0.05, 0) is 73.5 Å². The Hall–Kier alpha value is -3.86. The molecule has 4 aromatic rings.